The third-order valence-electron chi connectivity index (χ3n) is 3.13. The van der Waals surface area contributed by atoms with E-state index in [-0.39, 0.29) is 0 Å². The molecule has 0 radical (unpaired) electrons. The lowest BCUT2D eigenvalue weighted by Gasteiger charge is -2.28. The standard InChI is InChI=1S/C14H22F2N2/c1-10(2)13(18(3)4)9-17-8-11-6-5-7-12(15)14(11)16/h5-7,10,13,17H,8-9H2,1-4H3. The largest absolute Gasteiger partial charge is 0.311 e. The van der Waals surface area contributed by atoms with E-state index in [1.165, 1.54) is 6.07 Å². The van der Waals surface area contributed by atoms with E-state index in [4.69, 9.17) is 0 Å². The highest BCUT2D eigenvalue weighted by Gasteiger charge is 2.15. The minimum absolute atomic E-state index is 0.348. The number of nitrogens with one attached hydrogen (secondary N) is 1. The van der Waals surface area contributed by atoms with E-state index in [1.54, 1.807) is 6.07 Å². The van der Waals surface area contributed by atoms with Gasteiger partial charge in [-0.3, -0.25) is 0 Å². The Balaban J connectivity index is 2.53. The summed E-state index contributed by atoms with van der Waals surface area (Å²) >= 11 is 0. The molecule has 4 heteroatoms. The van der Waals surface area contributed by atoms with E-state index in [0.29, 0.717) is 24.1 Å². The average molecular weight is 256 g/mol. The van der Waals surface area contributed by atoms with Gasteiger partial charge in [0, 0.05) is 24.7 Å². The minimum atomic E-state index is -0.790. The van der Waals surface area contributed by atoms with Gasteiger partial charge in [-0.1, -0.05) is 26.0 Å². The molecule has 0 bridgehead atoms. The first-order chi connectivity index (χ1) is 8.43. The van der Waals surface area contributed by atoms with Gasteiger partial charge >= 0.3 is 0 Å². The van der Waals surface area contributed by atoms with E-state index < -0.39 is 11.6 Å². The summed E-state index contributed by atoms with van der Waals surface area (Å²) in [5.74, 6) is -1.04. The fourth-order valence-electron chi connectivity index (χ4n) is 2.05. The Morgan fingerprint density at radius 1 is 1.22 bits per heavy atom. The summed E-state index contributed by atoms with van der Waals surface area (Å²) in [5, 5.41) is 3.18. The number of rotatable bonds is 6. The van der Waals surface area contributed by atoms with Gasteiger partial charge in [-0.15, -0.1) is 0 Å². The molecule has 18 heavy (non-hydrogen) atoms. The molecule has 0 spiro atoms. The summed E-state index contributed by atoms with van der Waals surface area (Å²) in [7, 11) is 4.05. The molecule has 1 aromatic carbocycles. The zero-order valence-corrected chi connectivity index (χ0v) is 11.5. The Hall–Kier alpha value is -1.00. The molecule has 1 unspecified atom stereocenters. The quantitative estimate of drug-likeness (QED) is 0.841. The normalized spacial score (nSPS) is 13.3. The third kappa shape index (κ3) is 4.03. The van der Waals surface area contributed by atoms with Crippen molar-refractivity contribution in [1.82, 2.24) is 10.2 Å². The zero-order valence-electron chi connectivity index (χ0n) is 11.5. The molecular formula is C14H22F2N2. The van der Waals surface area contributed by atoms with Gasteiger partial charge in [0.25, 0.3) is 0 Å². The maximum Gasteiger partial charge on any atom is 0.163 e. The fourth-order valence-corrected chi connectivity index (χ4v) is 2.05. The predicted molar refractivity (Wildman–Crippen MR) is 70.4 cm³/mol. The van der Waals surface area contributed by atoms with Crippen LogP contribution in [0, 0.1) is 17.6 Å². The smallest absolute Gasteiger partial charge is 0.163 e. The molecule has 0 saturated carbocycles. The predicted octanol–water partition coefficient (Wildman–Crippen LogP) is 2.64. The molecule has 0 fully saturated rings. The van der Waals surface area contributed by atoms with Crippen molar-refractivity contribution in [2.45, 2.75) is 26.4 Å². The second-order valence-electron chi connectivity index (χ2n) is 5.12. The molecule has 1 aromatic rings. The molecule has 0 aliphatic carbocycles. The fraction of sp³-hybridized carbons (Fsp3) is 0.571. The van der Waals surface area contributed by atoms with Gasteiger partial charge in [-0.2, -0.15) is 0 Å². The van der Waals surface area contributed by atoms with Gasteiger partial charge in [-0.25, -0.2) is 8.78 Å². The maximum absolute atomic E-state index is 13.4. The lowest BCUT2D eigenvalue weighted by Crippen LogP contribution is -2.41. The van der Waals surface area contributed by atoms with Gasteiger partial charge < -0.3 is 10.2 Å². The second kappa shape index (κ2) is 6.81. The zero-order chi connectivity index (χ0) is 13.7. The molecular weight excluding hydrogens is 234 g/mol. The first kappa shape index (κ1) is 15.1. The highest BCUT2D eigenvalue weighted by molar-refractivity contribution is 5.18. The number of halogens is 2. The lowest BCUT2D eigenvalue weighted by molar-refractivity contribution is 0.224. The van der Waals surface area contributed by atoms with Crippen LogP contribution in [-0.2, 0) is 6.54 Å². The number of likely N-dealkylation sites (N-methyl/N-ethyl adjacent to an activating group) is 1. The number of hydrogen-bond acceptors (Lipinski definition) is 2. The molecule has 102 valence electrons. The highest BCUT2D eigenvalue weighted by Crippen LogP contribution is 2.11. The monoisotopic (exact) mass is 256 g/mol. The molecule has 0 amide bonds. The summed E-state index contributed by atoms with van der Waals surface area (Å²) in [6.45, 7) is 5.39. The molecule has 2 nitrogen and oxygen atoms in total. The van der Waals surface area contributed by atoms with Crippen LogP contribution in [0.5, 0.6) is 0 Å². The van der Waals surface area contributed by atoms with Crippen LogP contribution in [0.4, 0.5) is 8.78 Å². The average Bonchev–Trinajstić information content (AvgIpc) is 2.28. The Labute approximate surface area is 108 Å². The summed E-state index contributed by atoms with van der Waals surface area (Å²) in [5.41, 5.74) is 0.372. The van der Waals surface area contributed by atoms with Crippen molar-refractivity contribution in [1.29, 1.82) is 0 Å². The number of hydrogen-bond donors (Lipinski definition) is 1. The second-order valence-corrected chi connectivity index (χ2v) is 5.12. The number of nitrogens with zero attached hydrogens (tertiary/aromatic N) is 1. The van der Waals surface area contributed by atoms with Crippen LogP contribution in [0.2, 0.25) is 0 Å². The minimum Gasteiger partial charge on any atom is -0.311 e. The Bertz CT molecular complexity index is 370. The van der Waals surface area contributed by atoms with E-state index in [9.17, 15) is 8.78 Å². The van der Waals surface area contributed by atoms with E-state index in [0.717, 1.165) is 12.6 Å². The van der Waals surface area contributed by atoms with Gasteiger partial charge in [0.2, 0.25) is 0 Å². The molecule has 0 saturated heterocycles. The van der Waals surface area contributed by atoms with Crippen molar-refractivity contribution in [3.63, 3.8) is 0 Å². The molecule has 1 atom stereocenters. The maximum atomic E-state index is 13.4. The van der Waals surface area contributed by atoms with E-state index in [2.05, 4.69) is 24.1 Å². The van der Waals surface area contributed by atoms with Crippen LogP contribution in [0.3, 0.4) is 0 Å². The molecule has 1 rings (SSSR count). The highest BCUT2D eigenvalue weighted by atomic mass is 19.2. The van der Waals surface area contributed by atoms with Crippen LogP contribution in [0.25, 0.3) is 0 Å². The Kier molecular flexibility index (Phi) is 5.69. The first-order valence-electron chi connectivity index (χ1n) is 6.23. The van der Waals surface area contributed by atoms with Crippen molar-refractivity contribution >= 4 is 0 Å². The summed E-state index contributed by atoms with van der Waals surface area (Å²) in [4.78, 5) is 2.14. The van der Waals surface area contributed by atoms with Crippen molar-refractivity contribution in [2.24, 2.45) is 5.92 Å². The van der Waals surface area contributed by atoms with Gasteiger partial charge in [-0.05, 0) is 26.1 Å². The lowest BCUT2D eigenvalue weighted by atomic mass is 10.0. The Morgan fingerprint density at radius 2 is 1.89 bits per heavy atom. The summed E-state index contributed by atoms with van der Waals surface area (Å²) < 4.78 is 26.4. The topological polar surface area (TPSA) is 15.3 Å². The molecule has 1 N–H and O–H groups in total. The third-order valence-corrected chi connectivity index (χ3v) is 3.13. The van der Waals surface area contributed by atoms with Crippen LogP contribution in [-0.4, -0.2) is 31.6 Å². The molecule has 0 aromatic heterocycles. The summed E-state index contributed by atoms with van der Waals surface area (Å²) in [6.07, 6.45) is 0. The van der Waals surface area contributed by atoms with Gasteiger partial charge in [0.15, 0.2) is 11.6 Å². The van der Waals surface area contributed by atoms with E-state index >= 15 is 0 Å². The Morgan fingerprint density at radius 3 is 2.44 bits per heavy atom. The van der Waals surface area contributed by atoms with Crippen molar-refractivity contribution in [2.75, 3.05) is 20.6 Å². The van der Waals surface area contributed by atoms with Crippen molar-refractivity contribution in [3.8, 4) is 0 Å². The van der Waals surface area contributed by atoms with Crippen LogP contribution in [0.15, 0.2) is 18.2 Å². The number of benzene rings is 1. The molecule has 0 heterocycles. The first-order valence-corrected chi connectivity index (χ1v) is 6.23. The van der Waals surface area contributed by atoms with Crippen LogP contribution in [0.1, 0.15) is 19.4 Å². The van der Waals surface area contributed by atoms with Crippen LogP contribution < -0.4 is 5.32 Å². The molecule has 0 aliphatic rings. The summed E-state index contributed by atoms with van der Waals surface area (Å²) in [6, 6.07) is 4.64. The van der Waals surface area contributed by atoms with Gasteiger partial charge in [0.05, 0.1) is 0 Å². The van der Waals surface area contributed by atoms with Crippen molar-refractivity contribution < 1.29 is 8.78 Å². The molecule has 0 aliphatic heterocycles. The van der Waals surface area contributed by atoms with Crippen LogP contribution >= 0.6 is 0 Å². The van der Waals surface area contributed by atoms with Crippen molar-refractivity contribution in [3.05, 3.63) is 35.4 Å². The SMILES string of the molecule is CC(C)C(CNCc1cccc(F)c1F)N(C)C. The van der Waals surface area contributed by atoms with Gasteiger partial charge in [0.1, 0.15) is 0 Å². The van der Waals surface area contributed by atoms with E-state index in [1.807, 2.05) is 14.1 Å².